The second-order valence-corrected chi connectivity index (χ2v) is 6.70. The number of ether oxygens (including phenoxy) is 2. The monoisotopic (exact) mass is 383 g/mol. The molecule has 0 bridgehead atoms. The molecule has 0 radical (unpaired) electrons. The third-order valence-corrected chi connectivity index (χ3v) is 4.55. The molecule has 0 aliphatic heterocycles. The van der Waals surface area contributed by atoms with Crippen molar-refractivity contribution in [2.24, 2.45) is 4.99 Å². The second-order valence-electron chi connectivity index (χ2n) is 6.70. The van der Waals surface area contributed by atoms with Crippen LogP contribution in [0.2, 0.25) is 0 Å². The van der Waals surface area contributed by atoms with E-state index in [-0.39, 0.29) is 0 Å². The van der Waals surface area contributed by atoms with Crippen LogP contribution in [0.3, 0.4) is 0 Å². The van der Waals surface area contributed by atoms with E-state index in [0.717, 1.165) is 62.8 Å². The van der Waals surface area contributed by atoms with Gasteiger partial charge in [-0.3, -0.25) is 4.99 Å². The Morgan fingerprint density at radius 1 is 1.00 bits per heavy atom. The molecule has 0 amide bonds. The van der Waals surface area contributed by atoms with E-state index in [0.29, 0.717) is 0 Å². The lowest BCUT2D eigenvalue weighted by Gasteiger charge is -2.23. The van der Waals surface area contributed by atoms with Crippen LogP contribution in [0, 0.1) is 0 Å². The number of guanidine groups is 1. The lowest BCUT2D eigenvalue weighted by Crippen LogP contribution is -2.39. The highest BCUT2D eigenvalue weighted by atomic mass is 16.5. The molecule has 0 atom stereocenters. The van der Waals surface area contributed by atoms with Crippen LogP contribution >= 0.6 is 0 Å². The number of aliphatic imine (C=N–C) groups is 1. The van der Waals surface area contributed by atoms with Gasteiger partial charge in [0.15, 0.2) is 5.96 Å². The first-order valence-corrected chi connectivity index (χ1v) is 9.90. The first-order valence-electron chi connectivity index (χ1n) is 9.90. The number of hydrogen-bond donors (Lipinski definition) is 1. The number of methoxy groups -OCH3 is 1. The van der Waals surface area contributed by atoms with E-state index >= 15 is 0 Å². The van der Waals surface area contributed by atoms with Gasteiger partial charge in [-0.05, 0) is 30.9 Å². The Bertz CT molecular complexity index is 704. The average molecular weight is 384 g/mol. The van der Waals surface area contributed by atoms with Crippen molar-refractivity contribution in [1.82, 2.24) is 10.2 Å². The number of nitrogens with zero attached hydrogens (tertiary/aromatic N) is 2. The number of rotatable bonds is 11. The molecule has 2 aromatic rings. The zero-order valence-electron chi connectivity index (χ0n) is 17.4. The van der Waals surface area contributed by atoms with E-state index in [1.807, 2.05) is 38.4 Å². The quantitative estimate of drug-likeness (QED) is 0.365. The summed E-state index contributed by atoms with van der Waals surface area (Å²) in [6, 6.07) is 18.5. The zero-order chi connectivity index (χ0) is 20.0. The van der Waals surface area contributed by atoms with Gasteiger partial charge in [0.05, 0.1) is 13.7 Å². The summed E-state index contributed by atoms with van der Waals surface area (Å²) >= 11 is 0. The van der Waals surface area contributed by atoms with Crippen molar-refractivity contribution in [1.29, 1.82) is 0 Å². The van der Waals surface area contributed by atoms with Crippen molar-refractivity contribution in [3.05, 3.63) is 65.7 Å². The molecular formula is C23H33N3O2. The molecule has 0 aliphatic carbocycles. The number of para-hydroxylation sites is 1. The Hall–Kier alpha value is -2.53. The van der Waals surface area contributed by atoms with Gasteiger partial charge in [0, 0.05) is 39.4 Å². The fourth-order valence-electron chi connectivity index (χ4n) is 3.01. The fourth-order valence-corrected chi connectivity index (χ4v) is 3.01. The maximum absolute atomic E-state index is 5.74. The molecule has 0 unspecified atom stereocenters. The zero-order valence-corrected chi connectivity index (χ0v) is 17.4. The van der Waals surface area contributed by atoms with Gasteiger partial charge in [-0.1, -0.05) is 48.5 Å². The largest absolute Gasteiger partial charge is 0.496 e. The normalized spacial score (nSPS) is 11.3. The Labute approximate surface area is 169 Å². The summed E-state index contributed by atoms with van der Waals surface area (Å²) in [7, 11) is 5.55. The molecule has 0 fully saturated rings. The van der Waals surface area contributed by atoms with Gasteiger partial charge in [-0.15, -0.1) is 0 Å². The molecule has 2 aromatic carbocycles. The lowest BCUT2D eigenvalue weighted by atomic mass is 10.2. The average Bonchev–Trinajstić information content (AvgIpc) is 2.73. The molecule has 0 saturated heterocycles. The molecule has 5 heteroatoms. The van der Waals surface area contributed by atoms with E-state index in [2.05, 4.69) is 45.5 Å². The topological polar surface area (TPSA) is 46.1 Å². The van der Waals surface area contributed by atoms with Gasteiger partial charge in [0.2, 0.25) is 0 Å². The molecule has 0 heterocycles. The van der Waals surface area contributed by atoms with Crippen molar-refractivity contribution in [3.8, 4) is 5.75 Å². The minimum atomic E-state index is 0.742. The summed E-state index contributed by atoms with van der Waals surface area (Å²) in [6.45, 7) is 3.20. The van der Waals surface area contributed by atoms with Crippen LogP contribution in [0.15, 0.2) is 59.6 Å². The Balaban J connectivity index is 1.60. The maximum Gasteiger partial charge on any atom is 0.193 e. The molecule has 0 aromatic heterocycles. The third kappa shape index (κ3) is 7.61. The first kappa shape index (κ1) is 21.8. The van der Waals surface area contributed by atoms with E-state index in [1.165, 1.54) is 5.56 Å². The number of nitrogens with one attached hydrogen (secondary N) is 1. The van der Waals surface area contributed by atoms with Crippen LogP contribution in [-0.4, -0.2) is 51.8 Å². The van der Waals surface area contributed by atoms with E-state index in [9.17, 15) is 0 Å². The van der Waals surface area contributed by atoms with Gasteiger partial charge in [-0.2, -0.15) is 0 Å². The van der Waals surface area contributed by atoms with Crippen LogP contribution in [0.5, 0.6) is 5.75 Å². The molecule has 1 N–H and O–H groups in total. The van der Waals surface area contributed by atoms with Gasteiger partial charge in [0.25, 0.3) is 0 Å². The Morgan fingerprint density at radius 3 is 2.50 bits per heavy atom. The highest BCUT2D eigenvalue weighted by molar-refractivity contribution is 5.79. The van der Waals surface area contributed by atoms with Crippen LogP contribution in [0.25, 0.3) is 0 Å². The molecule has 0 spiro atoms. The summed E-state index contributed by atoms with van der Waals surface area (Å²) in [6.07, 6.45) is 3.06. The highest BCUT2D eigenvalue weighted by Crippen LogP contribution is 2.18. The van der Waals surface area contributed by atoms with Crippen molar-refractivity contribution < 1.29 is 9.47 Å². The summed E-state index contributed by atoms with van der Waals surface area (Å²) < 4.78 is 11.2. The summed E-state index contributed by atoms with van der Waals surface area (Å²) in [4.78, 5) is 6.49. The standard InChI is InChI=1S/C23H33N3O2/c1-24-23(26(2)19-21-13-7-8-14-22(21)27-3)25-16-9-10-17-28-18-15-20-11-5-4-6-12-20/h4-8,11-14H,9-10,15-19H2,1-3H3,(H,24,25). The van der Waals surface area contributed by atoms with Gasteiger partial charge in [0.1, 0.15) is 5.75 Å². The van der Waals surface area contributed by atoms with E-state index in [4.69, 9.17) is 9.47 Å². The maximum atomic E-state index is 5.74. The minimum absolute atomic E-state index is 0.742. The lowest BCUT2D eigenvalue weighted by molar-refractivity contribution is 0.133. The molecule has 0 saturated carbocycles. The predicted molar refractivity (Wildman–Crippen MR) is 116 cm³/mol. The first-order chi connectivity index (χ1) is 13.7. The van der Waals surface area contributed by atoms with Crippen molar-refractivity contribution in [2.45, 2.75) is 25.8 Å². The number of unbranched alkanes of at least 4 members (excludes halogenated alkanes) is 1. The van der Waals surface area contributed by atoms with E-state index in [1.54, 1.807) is 7.11 Å². The molecule has 2 rings (SSSR count). The van der Waals surface area contributed by atoms with Crippen molar-refractivity contribution >= 4 is 5.96 Å². The Morgan fingerprint density at radius 2 is 1.75 bits per heavy atom. The van der Waals surface area contributed by atoms with Crippen LogP contribution in [0.1, 0.15) is 24.0 Å². The summed E-state index contributed by atoms with van der Waals surface area (Å²) in [5.74, 6) is 1.79. The summed E-state index contributed by atoms with van der Waals surface area (Å²) in [5, 5.41) is 3.42. The smallest absolute Gasteiger partial charge is 0.193 e. The highest BCUT2D eigenvalue weighted by Gasteiger charge is 2.09. The SMILES string of the molecule is CN=C(NCCCCOCCc1ccccc1)N(C)Cc1ccccc1OC. The molecular weight excluding hydrogens is 350 g/mol. The summed E-state index contributed by atoms with van der Waals surface area (Å²) in [5.41, 5.74) is 2.47. The van der Waals surface area contributed by atoms with Crippen LogP contribution in [0.4, 0.5) is 0 Å². The molecule has 28 heavy (non-hydrogen) atoms. The predicted octanol–water partition coefficient (Wildman–Crippen LogP) is 3.74. The Kier molecular flexibility index (Phi) is 9.94. The van der Waals surface area contributed by atoms with E-state index < -0.39 is 0 Å². The minimum Gasteiger partial charge on any atom is -0.496 e. The van der Waals surface area contributed by atoms with Crippen molar-refractivity contribution in [3.63, 3.8) is 0 Å². The second kappa shape index (κ2) is 12.8. The van der Waals surface area contributed by atoms with Crippen molar-refractivity contribution in [2.75, 3.05) is 41.0 Å². The van der Waals surface area contributed by atoms with Crippen LogP contribution < -0.4 is 10.1 Å². The molecule has 0 aliphatic rings. The number of hydrogen-bond acceptors (Lipinski definition) is 3. The molecule has 152 valence electrons. The molecule has 5 nitrogen and oxygen atoms in total. The number of benzene rings is 2. The van der Waals surface area contributed by atoms with Gasteiger partial charge >= 0.3 is 0 Å². The van der Waals surface area contributed by atoms with Gasteiger partial charge < -0.3 is 19.7 Å². The van der Waals surface area contributed by atoms with Gasteiger partial charge in [-0.25, -0.2) is 0 Å². The van der Waals surface area contributed by atoms with Crippen LogP contribution in [-0.2, 0) is 17.7 Å². The fraction of sp³-hybridized carbons (Fsp3) is 0.435. The third-order valence-electron chi connectivity index (χ3n) is 4.55.